The van der Waals surface area contributed by atoms with Gasteiger partial charge in [-0.15, -0.1) is 12.4 Å². The number of hydrogen-bond acceptors (Lipinski definition) is 4. The van der Waals surface area contributed by atoms with Crippen LogP contribution in [0.25, 0.3) is 11.0 Å². The van der Waals surface area contributed by atoms with Gasteiger partial charge in [0.1, 0.15) is 5.58 Å². The third kappa shape index (κ3) is 4.98. The topological polar surface area (TPSA) is 74.6 Å². The quantitative estimate of drug-likeness (QED) is 0.759. The number of rotatable bonds is 5. The molecule has 0 saturated carbocycles. The van der Waals surface area contributed by atoms with Crippen molar-refractivity contribution in [3.63, 3.8) is 0 Å². The molecule has 2 N–H and O–H groups in total. The number of benzene rings is 1. The van der Waals surface area contributed by atoms with Crippen LogP contribution in [0.1, 0.15) is 42.4 Å². The van der Waals surface area contributed by atoms with Crippen LogP contribution in [0.4, 0.5) is 0 Å². The molecule has 3 heterocycles. The van der Waals surface area contributed by atoms with Crippen molar-refractivity contribution in [3.05, 3.63) is 35.1 Å². The van der Waals surface area contributed by atoms with Gasteiger partial charge in [0.05, 0.1) is 18.7 Å². The Morgan fingerprint density at radius 1 is 1.20 bits per heavy atom. The lowest BCUT2D eigenvalue weighted by molar-refractivity contribution is -0.132. The summed E-state index contributed by atoms with van der Waals surface area (Å²) in [5, 5.41) is 7.35. The van der Waals surface area contributed by atoms with Crippen molar-refractivity contribution in [1.82, 2.24) is 15.5 Å². The number of amides is 2. The maximum atomic E-state index is 12.9. The lowest BCUT2D eigenvalue weighted by Crippen LogP contribution is -2.47. The fourth-order valence-electron chi connectivity index (χ4n) is 4.48. The molecule has 0 bridgehead atoms. The van der Waals surface area contributed by atoms with E-state index in [0.717, 1.165) is 55.3 Å². The van der Waals surface area contributed by atoms with Crippen LogP contribution in [-0.2, 0) is 16.0 Å². The van der Waals surface area contributed by atoms with Crippen LogP contribution < -0.4 is 10.6 Å². The monoisotopic (exact) mass is 433 g/mol. The lowest BCUT2D eigenvalue weighted by atomic mass is 9.97. The Morgan fingerprint density at radius 2 is 2.00 bits per heavy atom. The summed E-state index contributed by atoms with van der Waals surface area (Å²) in [4.78, 5) is 27.1. The van der Waals surface area contributed by atoms with Gasteiger partial charge in [-0.3, -0.25) is 9.59 Å². The number of aryl methyl sites for hydroxylation is 2. The van der Waals surface area contributed by atoms with Gasteiger partial charge in [0.25, 0.3) is 0 Å². The number of nitrogens with one attached hydrogen (secondary N) is 2. The highest BCUT2D eigenvalue weighted by atomic mass is 35.5. The molecule has 0 aliphatic carbocycles. The van der Waals surface area contributed by atoms with E-state index in [-0.39, 0.29) is 30.3 Å². The third-order valence-corrected chi connectivity index (χ3v) is 6.43. The number of piperidine rings is 1. The molecule has 2 saturated heterocycles. The van der Waals surface area contributed by atoms with E-state index < -0.39 is 0 Å². The lowest BCUT2D eigenvalue weighted by Gasteiger charge is -2.33. The summed E-state index contributed by atoms with van der Waals surface area (Å²) >= 11 is 0. The molecule has 0 radical (unpaired) electrons. The van der Waals surface area contributed by atoms with E-state index in [1.54, 1.807) is 6.26 Å². The molecule has 2 aliphatic heterocycles. The van der Waals surface area contributed by atoms with Crippen LogP contribution in [0.3, 0.4) is 0 Å². The molecule has 6 nitrogen and oxygen atoms in total. The summed E-state index contributed by atoms with van der Waals surface area (Å²) in [6.45, 7) is 7.22. The SMILES string of the molecule is Cc1cc2occ(CC(=O)N3CCCC(CNC(=O)C4CCCN4)C3)c2cc1C.Cl. The molecule has 30 heavy (non-hydrogen) atoms. The van der Waals surface area contributed by atoms with Gasteiger partial charge in [-0.25, -0.2) is 0 Å². The second-order valence-electron chi connectivity index (χ2n) is 8.61. The van der Waals surface area contributed by atoms with E-state index in [2.05, 4.69) is 30.5 Å². The maximum absolute atomic E-state index is 12.9. The Labute approximate surface area is 184 Å². The number of halogens is 1. The van der Waals surface area contributed by atoms with Crippen molar-refractivity contribution >= 4 is 35.2 Å². The first-order chi connectivity index (χ1) is 14.0. The molecule has 7 heteroatoms. The summed E-state index contributed by atoms with van der Waals surface area (Å²) in [6, 6.07) is 4.11. The van der Waals surface area contributed by atoms with E-state index in [4.69, 9.17) is 4.42 Å². The van der Waals surface area contributed by atoms with Gasteiger partial charge >= 0.3 is 0 Å². The predicted molar refractivity (Wildman–Crippen MR) is 120 cm³/mol. The van der Waals surface area contributed by atoms with Gasteiger partial charge in [-0.1, -0.05) is 0 Å². The summed E-state index contributed by atoms with van der Waals surface area (Å²) in [7, 11) is 0. The molecule has 1 aromatic carbocycles. The molecule has 2 fully saturated rings. The molecule has 2 amide bonds. The molecular formula is C23H32ClN3O3. The fraction of sp³-hybridized carbons (Fsp3) is 0.565. The largest absolute Gasteiger partial charge is 0.464 e. The highest BCUT2D eigenvalue weighted by Crippen LogP contribution is 2.26. The normalized spacial score (nSPS) is 21.5. The minimum Gasteiger partial charge on any atom is -0.464 e. The molecular weight excluding hydrogens is 402 g/mol. The van der Waals surface area contributed by atoms with Gasteiger partial charge in [-0.05, 0) is 75.3 Å². The molecule has 0 spiro atoms. The zero-order chi connectivity index (χ0) is 20.4. The number of fused-ring (bicyclic) bond motifs is 1. The average molecular weight is 434 g/mol. The second kappa shape index (κ2) is 9.84. The van der Waals surface area contributed by atoms with Gasteiger partial charge < -0.3 is 20.0 Å². The molecule has 2 unspecified atom stereocenters. The van der Waals surface area contributed by atoms with E-state index in [0.29, 0.717) is 25.4 Å². The highest BCUT2D eigenvalue weighted by molar-refractivity contribution is 5.88. The second-order valence-corrected chi connectivity index (χ2v) is 8.61. The van der Waals surface area contributed by atoms with Crippen LogP contribution in [0, 0.1) is 19.8 Å². The minimum absolute atomic E-state index is 0. The van der Waals surface area contributed by atoms with Gasteiger partial charge in [-0.2, -0.15) is 0 Å². The Morgan fingerprint density at radius 3 is 2.77 bits per heavy atom. The molecule has 164 valence electrons. The van der Waals surface area contributed by atoms with Crippen LogP contribution in [0.15, 0.2) is 22.8 Å². The van der Waals surface area contributed by atoms with Crippen LogP contribution in [-0.4, -0.2) is 48.9 Å². The van der Waals surface area contributed by atoms with Crippen molar-refractivity contribution in [2.24, 2.45) is 5.92 Å². The fourth-order valence-corrected chi connectivity index (χ4v) is 4.48. The Bertz CT molecular complexity index is 904. The van der Waals surface area contributed by atoms with E-state index >= 15 is 0 Å². The number of likely N-dealkylation sites (tertiary alicyclic amines) is 1. The smallest absolute Gasteiger partial charge is 0.237 e. The van der Waals surface area contributed by atoms with E-state index in [1.807, 2.05) is 11.0 Å². The third-order valence-electron chi connectivity index (χ3n) is 6.43. The average Bonchev–Trinajstić information content (AvgIpc) is 3.38. The molecule has 2 aliphatic rings. The van der Waals surface area contributed by atoms with Gasteiger partial charge in [0.2, 0.25) is 11.8 Å². The van der Waals surface area contributed by atoms with E-state index in [9.17, 15) is 9.59 Å². The number of nitrogens with zero attached hydrogens (tertiary/aromatic N) is 1. The van der Waals surface area contributed by atoms with E-state index in [1.165, 1.54) is 11.1 Å². The first kappa shape index (κ1) is 22.6. The van der Waals surface area contributed by atoms with Crippen LogP contribution >= 0.6 is 12.4 Å². The van der Waals surface area contributed by atoms with Gasteiger partial charge in [0, 0.05) is 30.6 Å². The number of carbonyl (C=O) groups is 2. The zero-order valence-electron chi connectivity index (χ0n) is 17.8. The van der Waals surface area contributed by atoms with Gasteiger partial charge in [0.15, 0.2) is 0 Å². The molecule has 1 aromatic heterocycles. The predicted octanol–water partition coefficient (Wildman–Crippen LogP) is 3.12. The van der Waals surface area contributed by atoms with Crippen LogP contribution in [0.2, 0.25) is 0 Å². The van der Waals surface area contributed by atoms with Crippen molar-refractivity contribution in [2.45, 2.75) is 52.0 Å². The molecule has 4 rings (SSSR count). The summed E-state index contributed by atoms with van der Waals surface area (Å²) < 4.78 is 5.68. The summed E-state index contributed by atoms with van der Waals surface area (Å²) in [6.07, 6.45) is 6.09. The first-order valence-corrected chi connectivity index (χ1v) is 10.8. The Kier molecular flexibility index (Phi) is 7.42. The highest BCUT2D eigenvalue weighted by Gasteiger charge is 2.27. The number of carbonyl (C=O) groups excluding carboxylic acids is 2. The van der Waals surface area contributed by atoms with Crippen molar-refractivity contribution in [1.29, 1.82) is 0 Å². The maximum Gasteiger partial charge on any atom is 0.237 e. The molecule has 2 atom stereocenters. The standard InChI is InChI=1S/C23H31N3O3.ClH/c1-15-9-19-18(14-29-21(19)10-16(15)2)11-22(27)26-8-4-5-17(13-26)12-25-23(28)20-6-3-7-24-20;/h9-10,14,17,20,24H,3-8,11-13H2,1-2H3,(H,25,28);1H. The summed E-state index contributed by atoms with van der Waals surface area (Å²) in [5.41, 5.74) is 4.20. The zero-order valence-corrected chi connectivity index (χ0v) is 18.6. The minimum atomic E-state index is -0.0437. The van der Waals surface area contributed by atoms with Crippen LogP contribution in [0.5, 0.6) is 0 Å². The van der Waals surface area contributed by atoms with Crippen molar-refractivity contribution in [3.8, 4) is 0 Å². The number of furan rings is 1. The Hall–Kier alpha value is -2.05. The molecule has 2 aromatic rings. The number of hydrogen-bond donors (Lipinski definition) is 2. The Balaban J connectivity index is 0.00000256. The van der Waals surface area contributed by atoms with Crippen molar-refractivity contribution in [2.75, 3.05) is 26.2 Å². The summed E-state index contributed by atoms with van der Waals surface area (Å²) in [5.74, 6) is 0.560. The first-order valence-electron chi connectivity index (χ1n) is 10.8. The van der Waals surface area contributed by atoms with Crippen molar-refractivity contribution < 1.29 is 14.0 Å².